The number of Topliss-reactive ketones (excluding diaryl/α,β-unsaturated/α-hetero) is 3. The molecule has 0 spiro atoms. The van der Waals surface area contributed by atoms with Crippen molar-refractivity contribution in [2.24, 2.45) is 51.8 Å². The SMILES string of the molecule is CC1(S(=O)(=O)NC(=O)[C@]23CC(=O)[C@@H]4C[C@@H](Oc5nc6ccccc6s5)CN4C(=O)[C@@H](Cc4cc(Cl)cc(Cl)c4)CCCCC/C=C\[C@@H]2C3)CC1.CC1(S(=O)(=O)NC(=O)[C@]23CC(=O)[C@@H]4C[C@@H](Oc5nc6ccccc6s5)CN4C(=O)[C@@H](Cc4ccc(F)c(F)c4)CCCCC/C=C\[C@@H]2C3)CC1.CC1(S(=O)(=O)NC(=O)[C@]23CC(=O)[C@@H]4C[C@@H](Oc5nc6ccccc6s5)CN4C(=O)[C@@H](Cc4ccccc4F)CCCCC/C=C\[C@@H]2C3)CC1. The van der Waals surface area contributed by atoms with Gasteiger partial charge in [0.15, 0.2) is 29.0 Å². The Bertz CT molecular complexity index is 7030. The number of benzene rings is 6. The first-order chi connectivity index (χ1) is 71.2. The summed E-state index contributed by atoms with van der Waals surface area (Å²) in [6, 6.07) is 35.7. The molecule has 0 unspecified atom stereocenters. The molecule has 6 aromatic carbocycles. The minimum absolute atomic E-state index is 0.106. The molecule has 27 nitrogen and oxygen atoms in total. The summed E-state index contributed by atoms with van der Waals surface area (Å²) in [5.41, 5.74) is 0.512. The number of fused-ring (bicyclic) bond motifs is 9. The molecule has 9 heterocycles. The number of hydrogen-bond donors (Lipinski definition) is 3. The van der Waals surface area contributed by atoms with Crippen molar-refractivity contribution < 1.29 is 95.8 Å². The number of rotatable bonds is 21. The number of hydrogen-bond acceptors (Lipinski definition) is 24. The summed E-state index contributed by atoms with van der Waals surface area (Å²) >= 11 is 16.8. The highest BCUT2D eigenvalue weighted by Gasteiger charge is 2.67. The van der Waals surface area contributed by atoms with E-state index >= 15 is 0 Å². The maximum atomic E-state index is 14.9. The molecule has 6 saturated carbocycles. The van der Waals surface area contributed by atoms with Crippen LogP contribution < -0.4 is 28.4 Å². The predicted molar refractivity (Wildman–Crippen MR) is 565 cm³/mol. The van der Waals surface area contributed by atoms with Crippen LogP contribution in [0.3, 0.4) is 0 Å². The third-order valence-electron chi connectivity index (χ3n) is 32.8. The van der Waals surface area contributed by atoms with Crippen LogP contribution in [0.25, 0.3) is 30.6 Å². The molecule has 0 bridgehead atoms. The molecular formula is C111H124Cl2F3N9O18S6. The summed E-state index contributed by atoms with van der Waals surface area (Å²) in [5.74, 6) is -8.30. The van der Waals surface area contributed by atoms with Crippen molar-refractivity contribution in [1.29, 1.82) is 0 Å². The Morgan fingerprint density at radius 2 is 0.725 bits per heavy atom. The first kappa shape index (κ1) is 107. The van der Waals surface area contributed by atoms with Crippen LogP contribution in [-0.2, 0) is 92.5 Å². The van der Waals surface area contributed by atoms with E-state index in [9.17, 15) is 81.6 Å². The van der Waals surface area contributed by atoms with Gasteiger partial charge >= 0.3 is 0 Å². The smallest absolute Gasteiger partial charge is 0.274 e. The second-order valence-electron chi connectivity index (χ2n) is 43.8. The Morgan fingerprint density at radius 3 is 1.06 bits per heavy atom. The number of halogens is 5. The molecule has 6 amide bonds. The Balaban J connectivity index is 0.000000140. The highest BCUT2D eigenvalue weighted by molar-refractivity contribution is 7.92. The maximum Gasteiger partial charge on any atom is 0.274 e. The summed E-state index contributed by atoms with van der Waals surface area (Å²) in [6.45, 7) is 5.30. The number of carbonyl (C=O) groups is 9. The van der Waals surface area contributed by atoms with E-state index < -0.39 is 144 Å². The van der Waals surface area contributed by atoms with Crippen LogP contribution in [0.15, 0.2) is 170 Å². The van der Waals surface area contributed by atoms with Gasteiger partial charge in [-0.3, -0.25) is 57.3 Å². The number of thiazole rings is 3. The van der Waals surface area contributed by atoms with E-state index in [0.29, 0.717) is 120 Å². The summed E-state index contributed by atoms with van der Waals surface area (Å²) in [5, 5.41) is 2.30. The molecule has 3 aromatic heterocycles. The van der Waals surface area contributed by atoms with Crippen LogP contribution in [0, 0.1) is 69.2 Å². The summed E-state index contributed by atoms with van der Waals surface area (Å²) in [6.07, 6.45) is 26.6. The van der Waals surface area contributed by atoms with Gasteiger partial charge in [0.25, 0.3) is 15.6 Å². The number of ketones is 3. The fourth-order valence-electron chi connectivity index (χ4n) is 22.3. The fraction of sp³-hybridized carbons (Fsp3) is 0.514. The molecule has 0 radical (unpaired) electrons. The number of carbonyl (C=O) groups excluding carboxylic acids is 9. The number of sulfonamides is 3. The van der Waals surface area contributed by atoms with Crippen molar-refractivity contribution in [3.63, 3.8) is 0 Å². The van der Waals surface area contributed by atoms with E-state index in [1.165, 1.54) is 51.0 Å². The zero-order chi connectivity index (χ0) is 105. The monoisotopic (exact) mass is 2190 g/mol. The molecule has 21 rings (SSSR count). The second-order valence-corrected chi connectivity index (χ2v) is 54.2. The van der Waals surface area contributed by atoms with E-state index in [1.807, 2.05) is 121 Å². The number of para-hydroxylation sites is 3. The Labute approximate surface area is 888 Å². The van der Waals surface area contributed by atoms with Crippen molar-refractivity contribution in [3.8, 4) is 15.6 Å². The van der Waals surface area contributed by atoms with Crippen molar-refractivity contribution in [2.45, 2.75) is 283 Å². The van der Waals surface area contributed by atoms with E-state index in [2.05, 4.69) is 29.1 Å². The van der Waals surface area contributed by atoms with Gasteiger partial charge in [0.05, 0.1) is 98.9 Å². The number of aromatic nitrogens is 3. The van der Waals surface area contributed by atoms with Gasteiger partial charge in [0.1, 0.15) is 24.1 Å². The largest absolute Gasteiger partial charge is 0.465 e. The zero-order valence-electron chi connectivity index (χ0n) is 83.4. The quantitative estimate of drug-likeness (QED) is 0.0562. The number of nitrogens with one attached hydrogen (secondary N) is 3. The molecule has 6 aliphatic heterocycles. The highest BCUT2D eigenvalue weighted by atomic mass is 35.5. The van der Waals surface area contributed by atoms with Crippen molar-refractivity contribution in [3.05, 3.63) is 214 Å². The molecule has 792 valence electrons. The predicted octanol–water partition coefficient (Wildman–Crippen LogP) is 19.7. The third-order valence-corrected chi connectivity index (χ3v) is 42.5. The number of amides is 6. The first-order valence-electron chi connectivity index (χ1n) is 52.1. The van der Waals surface area contributed by atoms with Crippen LogP contribution in [0.2, 0.25) is 10.0 Å². The average molecular weight is 2190 g/mol. The van der Waals surface area contributed by atoms with E-state index in [1.54, 1.807) is 54.8 Å². The zero-order valence-corrected chi connectivity index (χ0v) is 89.8. The van der Waals surface area contributed by atoms with Gasteiger partial charge in [-0.1, -0.05) is 193 Å². The molecule has 9 aromatic rings. The standard InChI is InChI=1S/C37H41Cl2N3O6S2.C37H41F2N3O6S2.C37H42FN3O6S2/c1-36(13-14-36)50(46,47)41-34(45)37-20-25(37)10-6-4-2-3-5-9-24(15-23-16-26(38)18-27(39)17-23)33(44)42-22-28(19-30(42)31(43)21-37)48-35-40-29-11-7-8-12-32(29)49-35;1-36(15-16-36)50(46,47)41-34(45)37-20-25(37)10-6-4-2-3-5-9-24(17-23-13-14-27(38)28(39)18-23)33(44)42-22-26(19-30(42)31(43)21-37)48-35-40-29-11-7-8-12-32(29)49-35;1-36(17-18-36)49(45,46)40-34(44)37-21-26(37)13-6-4-2-3-5-12-25(19-24-11-7-8-14-28(24)38)33(43)41-23-27(20-30(41)31(42)22-37)47-35-39-29-15-9-10-16-32(29)48-35/h6-8,10-12,16-18,24-25,28,30H,2-5,9,13-15,19-22H2,1H3,(H,41,45);6-8,10-14,18,24-26,30H,2-5,9,15-17,19-22H2,1H3,(H,41,45);6-11,13-16,25-27,30H,2-5,12,17-23H2,1H3,(H,40,44)/b2*10-6-;13-6-/t24-,25-,28-,30+,37-;24-,25-,26-,30+,37-;25-,26-,27-,30+,37-/m111/s1. The number of allylic oxidation sites excluding steroid dienone is 6. The maximum absolute atomic E-state index is 14.9. The lowest BCUT2D eigenvalue weighted by atomic mass is 9.90. The molecule has 9 fully saturated rings. The van der Waals surface area contributed by atoms with Gasteiger partial charge < -0.3 is 28.9 Å². The van der Waals surface area contributed by atoms with Gasteiger partial charge in [-0.15, -0.1) is 0 Å². The van der Waals surface area contributed by atoms with Gasteiger partial charge in [-0.05, 0) is 263 Å². The minimum Gasteiger partial charge on any atom is -0.465 e. The summed E-state index contributed by atoms with van der Waals surface area (Å²) < 4.78 is 147. The van der Waals surface area contributed by atoms with Crippen LogP contribution in [0.5, 0.6) is 15.6 Å². The molecule has 38 heteroatoms. The lowest BCUT2D eigenvalue weighted by molar-refractivity contribution is -0.142. The van der Waals surface area contributed by atoms with Gasteiger partial charge in [-0.25, -0.2) is 53.4 Å². The highest BCUT2D eigenvalue weighted by Crippen LogP contribution is 2.61. The molecule has 12 aliphatic rings. The average Bonchev–Trinajstić information content (AvgIpc) is 1.57. The van der Waals surface area contributed by atoms with Crippen molar-refractivity contribution in [2.75, 3.05) is 19.6 Å². The molecule has 6 aliphatic carbocycles. The molecule has 149 heavy (non-hydrogen) atoms. The molecular weight excluding hydrogens is 2070 g/mol. The first-order valence-corrected chi connectivity index (χ1v) is 59.8. The topological polar surface area (TPSA) is 368 Å². The minimum atomic E-state index is -3.93. The molecule has 3 N–H and O–H groups in total. The normalized spacial score (nSPS) is 29.1. The van der Waals surface area contributed by atoms with Crippen molar-refractivity contribution >= 4 is 171 Å². The van der Waals surface area contributed by atoms with Crippen LogP contribution in [0.4, 0.5) is 13.2 Å². The van der Waals surface area contributed by atoms with E-state index in [-0.39, 0.29) is 130 Å². The van der Waals surface area contributed by atoms with E-state index in [0.717, 1.165) is 125 Å². The van der Waals surface area contributed by atoms with E-state index in [4.69, 9.17) is 37.4 Å². The molecule has 3 saturated heterocycles. The summed E-state index contributed by atoms with van der Waals surface area (Å²) in [4.78, 5) is 147. The second kappa shape index (κ2) is 43.7. The number of ether oxygens (including phenoxy) is 3. The fourth-order valence-corrected chi connectivity index (χ4v) is 29.5. The molecule has 15 atom stereocenters. The Hall–Kier alpha value is -10.3. The van der Waals surface area contributed by atoms with Crippen LogP contribution in [0.1, 0.15) is 230 Å². The van der Waals surface area contributed by atoms with Crippen LogP contribution in [-0.4, -0.2) is 178 Å². The lowest BCUT2D eigenvalue weighted by Crippen LogP contribution is -2.47. The summed E-state index contributed by atoms with van der Waals surface area (Å²) in [7, 11) is -11.7. The Morgan fingerprint density at radius 1 is 0.396 bits per heavy atom. The Kier molecular flexibility index (Phi) is 31.4. The third kappa shape index (κ3) is 23.9. The van der Waals surface area contributed by atoms with Gasteiger partial charge in [0.2, 0.25) is 65.5 Å². The van der Waals surface area contributed by atoms with Gasteiger partial charge in [-0.2, -0.15) is 0 Å². The van der Waals surface area contributed by atoms with Gasteiger partial charge in [0, 0.05) is 66.3 Å². The van der Waals surface area contributed by atoms with Crippen LogP contribution >= 0.6 is 57.2 Å². The number of nitrogens with zero attached hydrogens (tertiary/aromatic N) is 6. The van der Waals surface area contributed by atoms with Crippen molar-refractivity contribution in [1.82, 2.24) is 43.8 Å². The lowest BCUT2D eigenvalue weighted by Gasteiger charge is -2.29.